The molecule has 1 atom stereocenters. The van der Waals surface area contributed by atoms with Crippen LogP contribution in [0.25, 0.3) is 0 Å². The van der Waals surface area contributed by atoms with E-state index in [2.05, 4.69) is 0 Å². The Hall–Kier alpha value is -1.91. The molecule has 1 aromatic heterocycles. The van der Waals surface area contributed by atoms with Crippen LogP contribution in [0.15, 0.2) is 24.5 Å². The third kappa shape index (κ3) is 2.34. The summed E-state index contributed by atoms with van der Waals surface area (Å²) < 4.78 is 6.55. The second-order valence-electron chi connectivity index (χ2n) is 4.44. The molecule has 5 heteroatoms. The summed E-state index contributed by atoms with van der Waals surface area (Å²) in [5, 5.41) is 0. The van der Waals surface area contributed by atoms with Crippen molar-refractivity contribution in [2.75, 3.05) is 13.7 Å². The normalized spacial score (nSPS) is 18.8. The van der Waals surface area contributed by atoms with Crippen LogP contribution in [0.4, 0.5) is 0 Å². The van der Waals surface area contributed by atoms with Crippen LogP contribution in [-0.2, 0) is 16.6 Å². The molecular formula is C13H17N2O3+. The van der Waals surface area contributed by atoms with Crippen LogP contribution in [0.1, 0.15) is 23.2 Å². The van der Waals surface area contributed by atoms with Crippen molar-refractivity contribution in [2.24, 2.45) is 7.05 Å². The molecule has 96 valence electrons. The van der Waals surface area contributed by atoms with Gasteiger partial charge in [-0.25, -0.2) is 9.36 Å². The highest BCUT2D eigenvalue weighted by atomic mass is 16.5. The van der Waals surface area contributed by atoms with Gasteiger partial charge in [0.05, 0.1) is 7.11 Å². The molecule has 5 nitrogen and oxygen atoms in total. The average molecular weight is 249 g/mol. The summed E-state index contributed by atoms with van der Waals surface area (Å²) in [4.78, 5) is 25.5. The number of likely N-dealkylation sites (tertiary alicyclic amines) is 1. The minimum absolute atomic E-state index is 0.112. The Balaban J connectivity index is 2.20. The van der Waals surface area contributed by atoms with E-state index in [-0.39, 0.29) is 11.9 Å². The highest BCUT2D eigenvalue weighted by molar-refractivity contribution is 5.96. The predicted molar refractivity (Wildman–Crippen MR) is 63.7 cm³/mol. The monoisotopic (exact) mass is 249 g/mol. The van der Waals surface area contributed by atoms with Crippen LogP contribution in [0.3, 0.4) is 0 Å². The van der Waals surface area contributed by atoms with Crippen LogP contribution in [0, 0.1) is 0 Å². The van der Waals surface area contributed by atoms with Crippen molar-refractivity contribution in [3.05, 3.63) is 30.1 Å². The Morgan fingerprint density at radius 1 is 1.50 bits per heavy atom. The molecule has 0 aliphatic carbocycles. The number of hydrogen-bond donors (Lipinski definition) is 0. The molecule has 0 radical (unpaired) electrons. The summed E-state index contributed by atoms with van der Waals surface area (Å²) in [5.74, 6) is -0.444. The molecule has 0 aromatic carbocycles. The zero-order valence-electron chi connectivity index (χ0n) is 10.6. The van der Waals surface area contributed by atoms with E-state index in [0.717, 1.165) is 6.42 Å². The standard InChI is InChI=1S/C13H17N2O3/c1-14-7-3-5-10(9-14)12(16)15-8-4-6-11(15)13(17)18-2/h3,5,7,9,11H,4,6,8H2,1-2H3/q+1/t11-/m0/s1. The lowest BCUT2D eigenvalue weighted by Crippen LogP contribution is -2.42. The number of aromatic nitrogens is 1. The fraction of sp³-hybridized carbons (Fsp3) is 0.462. The Morgan fingerprint density at radius 2 is 2.28 bits per heavy atom. The number of methoxy groups -OCH3 is 1. The van der Waals surface area contributed by atoms with Gasteiger partial charge in [0.1, 0.15) is 18.7 Å². The number of aryl methyl sites for hydroxylation is 1. The first-order valence-electron chi connectivity index (χ1n) is 5.97. The van der Waals surface area contributed by atoms with Gasteiger partial charge in [0, 0.05) is 12.6 Å². The van der Waals surface area contributed by atoms with Crippen LogP contribution >= 0.6 is 0 Å². The summed E-state index contributed by atoms with van der Waals surface area (Å²) in [6, 6.07) is 3.14. The summed E-state index contributed by atoms with van der Waals surface area (Å²) in [5.41, 5.74) is 0.593. The molecule has 0 saturated carbocycles. The summed E-state index contributed by atoms with van der Waals surface area (Å²) in [7, 11) is 3.21. The number of carbonyl (C=O) groups excluding carboxylic acids is 2. The van der Waals surface area contributed by atoms with Gasteiger partial charge in [-0.05, 0) is 18.9 Å². The van der Waals surface area contributed by atoms with Crippen molar-refractivity contribution in [3.8, 4) is 0 Å². The van der Waals surface area contributed by atoms with Gasteiger partial charge in [-0.15, -0.1) is 0 Å². The van der Waals surface area contributed by atoms with Crippen LogP contribution < -0.4 is 4.57 Å². The maximum Gasteiger partial charge on any atom is 0.328 e. The van der Waals surface area contributed by atoms with Crippen LogP contribution in [0.5, 0.6) is 0 Å². The quantitative estimate of drug-likeness (QED) is 0.559. The first kappa shape index (κ1) is 12.5. The number of ether oxygens (including phenoxy) is 1. The molecule has 18 heavy (non-hydrogen) atoms. The molecule has 2 rings (SSSR count). The molecule has 1 fully saturated rings. The van der Waals surface area contributed by atoms with Gasteiger partial charge in [-0.3, -0.25) is 4.79 Å². The number of pyridine rings is 1. The maximum absolute atomic E-state index is 12.3. The average Bonchev–Trinajstić information content (AvgIpc) is 2.86. The molecule has 1 saturated heterocycles. The first-order chi connectivity index (χ1) is 8.63. The first-order valence-corrected chi connectivity index (χ1v) is 5.97. The molecule has 1 aliphatic rings. The number of carbonyl (C=O) groups is 2. The van der Waals surface area contributed by atoms with Gasteiger partial charge in [-0.2, -0.15) is 0 Å². The van der Waals surface area contributed by atoms with Crippen molar-refractivity contribution < 1.29 is 18.9 Å². The van der Waals surface area contributed by atoms with E-state index in [9.17, 15) is 9.59 Å². The van der Waals surface area contributed by atoms with Crippen LogP contribution in [-0.4, -0.2) is 36.5 Å². The zero-order valence-corrected chi connectivity index (χ0v) is 10.6. The van der Waals surface area contributed by atoms with Crippen molar-refractivity contribution >= 4 is 11.9 Å². The molecular weight excluding hydrogens is 232 g/mol. The number of amides is 1. The Morgan fingerprint density at radius 3 is 2.94 bits per heavy atom. The van der Waals surface area contributed by atoms with Gasteiger partial charge in [0.2, 0.25) is 0 Å². The largest absolute Gasteiger partial charge is 0.467 e. The smallest absolute Gasteiger partial charge is 0.328 e. The van der Waals surface area contributed by atoms with Gasteiger partial charge >= 0.3 is 5.97 Å². The number of esters is 1. The molecule has 1 aliphatic heterocycles. The minimum atomic E-state index is -0.437. The lowest BCUT2D eigenvalue weighted by Gasteiger charge is -2.22. The third-order valence-corrected chi connectivity index (χ3v) is 3.17. The van der Waals surface area contributed by atoms with Crippen molar-refractivity contribution in [2.45, 2.75) is 18.9 Å². The molecule has 1 aromatic rings. The highest BCUT2D eigenvalue weighted by Crippen LogP contribution is 2.20. The molecule has 1 amide bonds. The molecule has 0 bridgehead atoms. The SMILES string of the molecule is COC(=O)[C@@H]1CCCN1C(=O)c1ccc[n+](C)c1. The maximum atomic E-state index is 12.3. The third-order valence-electron chi connectivity index (χ3n) is 3.17. The second kappa shape index (κ2) is 5.16. The Kier molecular flexibility index (Phi) is 3.60. The van der Waals surface area contributed by atoms with E-state index >= 15 is 0 Å². The highest BCUT2D eigenvalue weighted by Gasteiger charge is 2.35. The minimum Gasteiger partial charge on any atom is -0.467 e. The van der Waals surface area contributed by atoms with Gasteiger partial charge in [0.25, 0.3) is 5.91 Å². The fourth-order valence-corrected chi connectivity index (χ4v) is 2.27. The van der Waals surface area contributed by atoms with Gasteiger partial charge < -0.3 is 9.64 Å². The van der Waals surface area contributed by atoms with Crippen molar-refractivity contribution in [1.82, 2.24) is 4.90 Å². The lowest BCUT2D eigenvalue weighted by atomic mass is 10.2. The Labute approximate surface area is 106 Å². The second-order valence-corrected chi connectivity index (χ2v) is 4.44. The molecule has 0 spiro atoms. The van der Waals surface area contributed by atoms with E-state index in [1.807, 2.05) is 23.9 Å². The van der Waals surface area contributed by atoms with E-state index in [1.54, 1.807) is 17.2 Å². The van der Waals surface area contributed by atoms with Gasteiger partial charge in [-0.1, -0.05) is 0 Å². The zero-order chi connectivity index (χ0) is 13.1. The summed E-state index contributed by atoms with van der Waals surface area (Å²) in [6.07, 6.45) is 5.13. The molecule has 0 N–H and O–H groups in total. The number of rotatable bonds is 2. The summed E-state index contributed by atoms with van der Waals surface area (Å²) in [6.45, 7) is 0.608. The van der Waals surface area contributed by atoms with Crippen molar-refractivity contribution in [1.29, 1.82) is 0 Å². The molecule has 2 heterocycles. The molecule has 0 unspecified atom stereocenters. The van der Waals surface area contributed by atoms with Crippen molar-refractivity contribution in [3.63, 3.8) is 0 Å². The predicted octanol–water partition coefficient (Wildman–Crippen LogP) is 0.289. The van der Waals surface area contributed by atoms with E-state index in [0.29, 0.717) is 18.5 Å². The van der Waals surface area contributed by atoms with E-state index in [4.69, 9.17) is 4.74 Å². The van der Waals surface area contributed by atoms with E-state index < -0.39 is 6.04 Å². The number of hydrogen-bond acceptors (Lipinski definition) is 3. The fourth-order valence-electron chi connectivity index (χ4n) is 2.27. The topological polar surface area (TPSA) is 50.5 Å². The van der Waals surface area contributed by atoms with Crippen LogP contribution in [0.2, 0.25) is 0 Å². The number of nitrogens with zero attached hydrogens (tertiary/aromatic N) is 2. The summed E-state index contributed by atoms with van der Waals surface area (Å²) >= 11 is 0. The Bertz CT molecular complexity index is 473. The van der Waals surface area contributed by atoms with Gasteiger partial charge in [0.15, 0.2) is 12.4 Å². The van der Waals surface area contributed by atoms with E-state index in [1.165, 1.54) is 7.11 Å². The lowest BCUT2D eigenvalue weighted by molar-refractivity contribution is -0.671.